The van der Waals surface area contributed by atoms with Crippen LogP contribution in [-0.2, 0) is 22.7 Å². The molecule has 0 aliphatic rings. The molecule has 214 valence electrons. The van der Waals surface area contributed by atoms with Gasteiger partial charge in [-0.25, -0.2) is 0 Å². The second-order valence-electron chi connectivity index (χ2n) is 11.3. The predicted octanol–water partition coefficient (Wildman–Crippen LogP) is -1.53. The molecule has 6 nitrogen and oxygen atoms in total. The first-order valence-corrected chi connectivity index (χ1v) is 13.4. The Hall–Kier alpha value is -2.12. The van der Waals surface area contributed by atoms with Crippen LogP contribution in [0.15, 0.2) is 60.7 Å². The van der Waals surface area contributed by atoms with Gasteiger partial charge in [0, 0.05) is 11.1 Å². The maximum absolute atomic E-state index is 12.8. The van der Waals surface area contributed by atoms with Gasteiger partial charge < -0.3 is 44.4 Å². The van der Waals surface area contributed by atoms with Gasteiger partial charge in [0.25, 0.3) is 0 Å². The van der Waals surface area contributed by atoms with Crippen molar-refractivity contribution in [1.82, 2.24) is 10.6 Å². The molecule has 2 amide bonds. The van der Waals surface area contributed by atoms with Crippen LogP contribution in [0.2, 0.25) is 0 Å². The lowest BCUT2D eigenvalue weighted by molar-refractivity contribution is -0.903. The normalized spacial score (nSPS) is 11.3. The highest BCUT2D eigenvalue weighted by molar-refractivity contribution is 5.79. The van der Waals surface area contributed by atoms with Crippen molar-refractivity contribution in [3.8, 4) is 0 Å². The van der Waals surface area contributed by atoms with E-state index in [0.29, 0.717) is 12.8 Å². The molecule has 0 radical (unpaired) electrons. The van der Waals surface area contributed by atoms with Gasteiger partial charge in [-0.05, 0) is 12.8 Å². The lowest BCUT2D eigenvalue weighted by atomic mass is 10.1. The largest absolute Gasteiger partial charge is 1.00 e. The highest BCUT2D eigenvalue weighted by Crippen LogP contribution is 2.12. The van der Waals surface area contributed by atoms with Gasteiger partial charge in [-0.2, -0.15) is 0 Å². The van der Waals surface area contributed by atoms with Gasteiger partial charge in [-0.15, -0.1) is 0 Å². The molecule has 8 heteroatoms. The highest BCUT2D eigenvalue weighted by atomic mass is 35.5. The Balaban J connectivity index is 0.00000684. The van der Waals surface area contributed by atoms with E-state index in [9.17, 15) is 9.59 Å². The molecule has 0 bridgehead atoms. The van der Waals surface area contributed by atoms with Crippen LogP contribution in [0, 0.1) is 0 Å². The molecule has 0 heterocycles. The first-order chi connectivity index (χ1) is 17.1. The van der Waals surface area contributed by atoms with Gasteiger partial charge in [0.05, 0.1) is 54.1 Å². The van der Waals surface area contributed by atoms with Gasteiger partial charge in [0.15, 0.2) is 0 Å². The fraction of sp³-hybridized carbons (Fsp3) is 0.533. The fourth-order valence-corrected chi connectivity index (χ4v) is 4.43. The van der Waals surface area contributed by atoms with Crippen LogP contribution < -0.4 is 35.4 Å². The zero-order valence-electron chi connectivity index (χ0n) is 23.9. The third-order valence-corrected chi connectivity index (χ3v) is 6.56. The van der Waals surface area contributed by atoms with Crippen LogP contribution in [0.4, 0.5) is 0 Å². The second kappa shape index (κ2) is 18.2. The molecule has 2 aromatic carbocycles. The summed E-state index contributed by atoms with van der Waals surface area (Å²) in [6.07, 6.45) is 4.48. The van der Waals surface area contributed by atoms with Gasteiger partial charge in [-0.3, -0.25) is 9.59 Å². The van der Waals surface area contributed by atoms with E-state index in [1.54, 1.807) is 0 Å². The fourth-order valence-electron chi connectivity index (χ4n) is 4.43. The molecule has 0 aliphatic carbocycles. The van der Waals surface area contributed by atoms with Crippen molar-refractivity contribution in [1.29, 1.82) is 0 Å². The minimum atomic E-state index is -0.314. The van der Waals surface area contributed by atoms with E-state index in [-0.39, 0.29) is 42.8 Å². The van der Waals surface area contributed by atoms with E-state index in [2.05, 4.69) is 70.0 Å². The Bertz CT molecular complexity index is 853. The molecule has 0 atom stereocenters. The predicted molar refractivity (Wildman–Crippen MR) is 148 cm³/mol. The first-order valence-electron chi connectivity index (χ1n) is 13.4. The molecule has 0 saturated heterocycles. The summed E-state index contributed by atoms with van der Waals surface area (Å²) in [4.78, 5) is 25.6. The summed E-state index contributed by atoms with van der Waals surface area (Å²) in [6.45, 7) is 5.39. The summed E-state index contributed by atoms with van der Waals surface area (Å²) in [6, 6.07) is 20.7. The minimum Gasteiger partial charge on any atom is -1.00 e. The molecular weight excluding hydrogens is 519 g/mol. The van der Waals surface area contributed by atoms with Gasteiger partial charge in [0.1, 0.15) is 19.3 Å². The van der Waals surface area contributed by atoms with Crippen molar-refractivity contribution in [2.75, 3.05) is 41.3 Å². The van der Waals surface area contributed by atoms with E-state index < -0.39 is 0 Å². The lowest BCUT2D eigenvalue weighted by Gasteiger charge is -2.30. The maximum Gasteiger partial charge on any atom is 0.227 e. The van der Waals surface area contributed by atoms with Crippen molar-refractivity contribution in [2.45, 2.75) is 64.7 Å². The number of benzene rings is 2. The standard InChI is InChI=1S/C30H46N4O2.2ClH/c1-6-7-10-19-28(31-29(35)20-22-33(2,3)24-26-15-11-8-12-16-26)32-30(36)21-23-34(4,5)25-27-17-13-9-14-18-27;;/h8-9,11-18,28H,6-7,10,19-25H2,1-5H3;2*1H. The number of unbranched alkanes of at least 4 members (excludes halogenated alkanes) is 2. The minimum absolute atomic E-state index is 0. The molecule has 0 aromatic heterocycles. The molecule has 38 heavy (non-hydrogen) atoms. The van der Waals surface area contributed by atoms with Crippen molar-refractivity contribution in [3.05, 3.63) is 71.8 Å². The lowest BCUT2D eigenvalue weighted by Crippen LogP contribution is -3.00. The summed E-state index contributed by atoms with van der Waals surface area (Å²) in [7, 11) is 8.60. The van der Waals surface area contributed by atoms with Crippen LogP contribution in [0.3, 0.4) is 0 Å². The Labute approximate surface area is 243 Å². The molecule has 2 rings (SSSR count). The number of rotatable bonds is 16. The highest BCUT2D eigenvalue weighted by Gasteiger charge is 2.22. The SMILES string of the molecule is CCCCCC(NC(=O)CC[N+](C)(C)Cc1ccccc1)NC(=O)CC[N+](C)(C)Cc1ccccc1.[Cl-].[Cl-]. The number of hydrogen-bond donors (Lipinski definition) is 2. The monoisotopic (exact) mass is 566 g/mol. The number of amides is 2. The molecule has 0 fully saturated rings. The third-order valence-electron chi connectivity index (χ3n) is 6.56. The molecule has 0 saturated carbocycles. The second-order valence-corrected chi connectivity index (χ2v) is 11.3. The summed E-state index contributed by atoms with van der Waals surface area (Å²) in [5.74, 6) is -0.00695. The number of carbonyl (C=O) groups is 2. The summed E-state index contributed by atoms with van der Waals surface area (Å²) in [5, 5.41) is 6.19. The van der Waals surface area contributed by atoms with Crippen molar-refractivity contribution in [3.63, 3.8) is 0 Å². The van der Waals surface area contributed by atoms with E-state index >= 15 is 0 Å². The van der Waals surface area contributed by atoms with Crippen molar-refractivity contribution >= 4 is 11.8 Å². The van der Waals surface area contributed by atoms with Crippen molar-refractivity contribution in [2.24, 2.45) is 0 Å². The summed E-state index contributed by atoms with van der Waals surface area (Å²) >= 11 is 0. The Morgan fingerprint density at radius 3 is 1.45 bits per heavy atom. The summed E-state index contributed by atoms with van der Waals surface area (Å²) < 4.78 is 1.47. The Morgan fingerprint density at radius 1 is 0.684 bits per heavy atom. The van der Waals surface area contributed by atoms with E-state index in [0.717, 1.165) is 60.8 Å². The average Bonchev–Trinajstić information content (AvgIpc) is 2.82. The number of carbonyl (C=O) groups excluding carboxylic acids is 2. The van der Waals surface area contributed by atoms with Gasteiger partial charge >= 0.3 is 0 Å². The van der Waals surface area contributed by atoms with Crippen LogP contribution in [-0.4, -0.2) is 68.2 Å². The molecule has 0 spiro atoms. The number of nitrogens with zero attached hydrogens (tertiary/aromatic N) is 2. The maximum atomic E-state index is 12.8. The van der Waals surface area contributed by atoms with Crippen LogP contribution in [0.1, 0.15) is 56.6 Å². The van der Waals surface area contributed by atoms with Crippen LogP contribution in [0.25, 0.3) is 0 Å². The zero-order chi connectivity index (χ0) is 26.4. The van der Waals surface area contributed by atoms with Crippen molar-refractivity contribution < 1.29 is 43.4 Å². The quantitative estimate of drug-likeness (QED) is 0.147. The molecule has 0 unspecified atom stereocenters. The van der Waals surface area contributed by atoms with Crippen LogP contribution >= 0.6 is 0 Å². The Morgan fingerprint density at radius 2 is 1.08 bits per heavy atom. The molecule has 2 N–H and O–H groups in total. The van der Waals surface area contributed by atoms with Gasteiger partial charge in [0.2, 0.25) is 11.8 Å². The van der Waals surface area contributed by atoms with E-state index in [1.807, 2.05) is 36.4 Å². The number of hydrogen-bond acceptors (Lipinski definition) is 2. The smallest absolute Gasteiger partial charge is 0.227 e. The number of nitrogens with one attached hydrogen (secondary N) is 2. The zero-order valence-corrected chi connectivity index (χ0v) is 25.4. The average molecular weight is 568 g/mol. The topological polar surface area (TPSA) is 58.2 Å². The molecule has 2 aromatic rings. The third kappa shape index (κ3) is 15.3. The van der Waals surface area contributed by atoms with E-state index in [4.69, 9.17) is 0 Å². The van der Waals surface area contributed by atoms with Gasteiger partial charge in [-0.1, -0.05) is 80.4 Å². The molecule has 0 aliphatic heterocycles. The first kappa shape index (κ1) is 35.9. The number of quaternary nitrogens is 2. The summed E-state index contributed by atoms with van der Waals surface area (Å²) in [5.41, 5.74) is 2.53. The van der Waals surface area contributed by atoms with Crippen LogP contribution in [0.5, 0.6) is 0 Å². The molecular formula is C30H48Cl2N4O2. The number of halogens is 2. The Kier molecular flexibility index (Phi) is 17.2. The van der Waals surface area contributed by atoms with E-state index in [1.165, 1.54) is 11.1 Å².